The van der Waals surface area contributed by atoms with Crippen LogP contribution in [0.5, 0.6) is 0 Å². The molecule has 45 nitrogen and oxygen atoms in total. The van der Waals surface area contributed by atoms with E-state index in [0.29, 0.717) is 0 Å². The summed E-state index contributed by atoms with van der Waals surface area (Å²) < 4.78 is 401. The van der Waals surface area contributed by atoms with Gasteiger partial charge in [-0.05, 0) is 0 Å². The smallest absolute Gasteiger partial charge is 0.870 e. The molecule has 3 saturated heterocycles. The van der Waals surface area contributed by atoms with E-state index in [2.05, 4.69) is 41.8 Å². The fraction of sp³-hybridized carbons (Fsp3) is 1.00. The van der Waals surface area contributed by atoms with Crippen molar-refractivity contribution in [3.8, 4) is 0 Å². The van der Waals surface area contributed by atoms with Gasteiger partial charge in [0.1, 0.15) is 61.0 Å². The monoisotopic (exact) mass is 1670 g/mol. The van der Waals surface area contributed by atoms with Crippen molar-refractivity contribution in [1.29, 1.82) is 0 Å². The second kappa shape index (κ2) is 50.6. The first-order valence-electron chi connectivity index (χ1n) is 16.7. The van der Waals surface area contributed by atoms with Crippen molar-refractivity contribution in [3.63, 3.8) is 0 Å². The van der Waals surface area contributed by atoms with Crippen LogP contribution < -0.4 is 514 Å². The Morgan fingerprint density at radius 1 is 0.301 bits per heavy atom. The summed E-state index contributed by atoms with van der Waals surface area (Å²) >= 11 is -4.10. The number of ether oxygens (including phenoxy) is 5. The molecule has 3 fully saturated rings. The molecule has 1 unspecified atom stereocenters. The van der Waals surface area contributed by atoms with Gasteiger partial charge >= 0.3 is 514 Å². The molecule has 3 heterocycles. The van der Waals surface area contributed by atoms with Crippen LogP contribution in [-0.2, 0) is 170 Å². The zero-order chi connectivity index (χ0) is 55.6. The molecule has 0 aromatic heterocycles. The SMILES string of the molecule is O=S([O-])O[C@H]1[C@H](OC[C@H]2O[C@H](CO[C@@H]3O[C@@H](COS(=O)(=O)[O-])[C@@H](OS(=O)(=O)[O-])[C@H](OS(=O)(=O)[O-])[C@H]3OS(=O)(=O)[O-])[C@@H](OS(=O)(=O)[O-])[C@@H]2OS(=O)(=O)[O-])O[C@@H](COS(=O)(=O)[O-])[C@@H](OS(=O)(=O)[O-])[C@@H]1OS(=O)(=O)[O-].[K+].[K+].[K+].[K+].[K+].[K+].[K+].[K+].[K+].[K+].[OH-]. The van der Waals surface area contributed by atoms with Crippen LogP contribution >= 0.6 is 0 Å². The third kappa shape index (κ3) is 50.3. The van der Waals surface area contributed by atoms with Crippen molar-refractivity contribution in [2.45, 2.75) is 85.8 Å². The quantitative estimate of drug-likeness (QED) is 0.0304. The number of rotatable bonds is 28. The van der Waals surface area contributed by atoms with Gasteiger partial charge in [-0.15, -0.1) is 0 Å². The minimum Gasteiger partial charge on any atom is -0.870 e. The van der Waals surface area contributed by atoms with Gasteiger partial charge in [-0.3, -0.25) is 41.8 Å². The molecule has 15 atom stereocenters. The Kier molecular flexibility index (Phi) is 70.9. The van der Waals surface area contributed by atoms with Gasteiger partial charge in [0.15, 0.2) is 24.8 Å². The van der Waals surface area contributed by atoms with Crippen LogP contribution in [0.3, 0.4) is 0 Å². The molecule has 0 aromatic rings. The molecule has 0 radical (unpaired) electrons. The molecule has 65 heteroatoms. The summed E-state index contributed by atoms with van der Waals surface area (Å²) in [5, 5.41) is 0. The molecule has 436 valence electrons. The van der Waals surface area contributed by atoms with E-state index in [1.54, 1.807) is 0 Å². The van der Waals surface area contributed by atoms with Crippen molar-refractivity contribution < 1.29 is 710 Å². The summed E-state index contributed by atoms with van der Waals surface area (Å²) in [6.07, 6.45) is -43.1. The van der Waals surface area contributed by atoms with E-state index in [1.165, 1.54) is 0 Å². The molecule has 3 rings (SSSR count). The van der Waals surface area contributed by atoms with Crippen LogP contribution in [0.25, 0.3) is 0 Å². The molecular formula is C18H23K10O45S10-. The van der Waals surface area contributed by atoms with E-state index in [1.807, 2.05) is 0 Å². The first-order chi connectivity index (χ1) is 32.1. The van der Waals surface area contributed by atoms with Gasteiger partial charge in [0.05, 0.1) is 37.8 Å². The topological polar surface area (TPSA) is 723 Å². The molecule has 0 amide bonds. The molecule has 0 aromatic carbocycles. The van der Waals surface area contributed by atoms with Crippen LogP contribution in [-0.4, -0.2) is 243 Å². The average molecular weight is 1670 g/mol. The van der Waals surface area contributed by atoms with Crippen LogP contribution in [0.2, 0.25) is 0 Å². The van der Waals surface area contributed by atoms with Crippen LogP contribution in [0.4, 0.5) is 0 Å². The van der Waals surface area contributed by atoms with Gasteiger partial charge in [0.2, 0.25) is 93.6 Å². The van der Waals surface area contributed by atoms with E-state index in [4.69, 9.17) is 23.7 Å². The third-order valence-electron chi connectivity index (χ3n) is 7.98. The molecule has 3 aliphatic heterocycles. The average Bonchev–Trinajstić information content (AvgIpc) is 3.41. The van der Waals surface area contributed by atoms with E-state index in [-0.39, 0.29) is 519 Å². The first kappa shape index (κ1) is 116. The summed E-state index contributed by atoms with van der Waals surface area (Å²) in [5.41, 5.74) is 0. The van der Waals surface area contributed by atoms with Gasteiger partial charge in [-0.2, -0.15) is 0 Å². The van der Waals surface area contributed by atoms with Crippen molar-refractivity contribution in [2.75, 3.05) is 26.4 Å². The summed E-state index contributed by atoms with van der Waals surface area (Å²) in [6.45, 7) is -7.66. The summed E-state index contributed by atoms with van der Waals surface area (Å²) in [6, 6.07) is 0. The maximum absolute atomic E-state index is 11.8. The van der Waals surface area contributed by atoms with Gasteiger partial charge in [0, 0.05) is 0 Å². The summed E-state index contributed by atoms with van der Waals surface area (Å²) in [4.78, 5) is 0. The van der Waals surface area contributed by atoms with E-state index in [9.17, 15) is 125 Å². The maximum atomic E-state index is 11.8. The Bertz CT molecular complexity index is 3000. The van der Waals surface area contributed by atoms with Crippen molar-refractivity contribution in [2.24, 2.45) is 0 Å². The normalized spacial score (nSPS) is 28.1. The van der Waals surface area contributed by atoms with Gasteiger partial charge in [0.25, 0.3) is 0 Å². The molecule has 0 aliphatic carbocycles. The molecule has 1 N–H and O–H groups in total. The van der Waals surface area contributed by atoms with Gasteiger partial charge in [-0.1, -0.05) is 0 Å². The van der Waals surface area contributed by atoms with Crippen LogP contribution in [0, 0.1) is 0 Å². The van der Waals surface area contributed by atoms with Crippen LogP contribution in [0.15, 0.2) is 0 Å². The van der Waals surface area contributed by atoms with Crippen LogP contribution in [0.1, 0.15) is 0 Å². The molecule has 3 aliphatic rings. The zero-order valence-electron chi connectivity index (χ0n) is 43.4. The largest absolute Gasteiger partial charge is 1.00 e. The Hall–Kier alpha value is 15.0. The van der Waals surface area contributed by atoms with Crippen molar-refractivity contribution in [1.82, 2.24) is 0 Å². The van der Waals surface area contributed by atoms with Gasteiger partial charge < -0.3 is 74.7 Å². The summed E-state index contributed by atoms with van der Waals surface area (Å²) in [5.74, 6) is 0. The molecule has 83 heavy (non-hydrogen) atoms. The number of hydrogen-bond acceptors (Lipinski definition) is 45. The Morgan fingerprint density at radius 2 is 0.506 bits per heavy atom. The first-order valence-corrected chi connectivity index (χ1v) is 29.7. The van der Waals surface area contributed by atoms with E-state index < -0.39 is 217 Å². The fourth-order valence-electron chi connectivity index (χ4n) is 5.98. The Balaban J connectivity index is -0.000000711. The Labute approximate surface area is 900 Å². The molecular weight excluding hydrogens is 1650 g/mol. The van der Waals surface area contributed by atoms with E-state index >= 15 is 0 Å². The number of hydrogen-bond donors (Lipinski definition) is 0. The second-order valence-electron chi connectivity index (χ2n) is 12.9. The predicted octanol–water partition coefficient (Wildman–Crippen LogP) is -41.8. The molecule has 0 spiro atoms. The predicted molar refractivity (Wildman–Crippen MR) is 187 cm³/mol. The minimum absolute atomic E-state index is 0. The molecule has 0 bridgehead atoms. The third-order valence-corrected chi connectivity index (χ3v) is 12.4. The molecule has 0 saturated carbocycles. The van der Waals surface area contributed by atoms with Gasteiger partial charge in [-0.25, -0.2) is 80.0 Å². The van der Waals surface area contributed by atoms with Crippen molar-refractivity contribution >= 4 is 105 Å². The second-order valence-corrected chi connectivity index (χ2v) is 22.7. The van der Waals surface area contributed by atoms with Crippen molar-refractivity contribution in [3.05, 3.63) is 0 Å². The minimum atomic E-state index is -6.45. The zero-order valence-corrected chi connectivity index (χ0v) is 82.8. The fourth-order valence-corrected chi connectivity index (χ4v) is 10.4. The Morgan fingerprint density at radius 3 is 0.747 bits per heavy atom. The summed E-state index contributed by atoms with van der Waals surface area (Å²) in [7, 11) is -56.5. The maximum Gasteiger partial charge on any atom is 1.00 e. The van der Waals surface area contributed by atoms with E-state index in [0.717, 1.165) is 0 Å². The standard InChI is InChI=1S/C18H32O44S10.10K.H2O/c19-63(20)55-15-13(60-70(39,40)41)11(58-68(33,34)35)7(3-50-64(21,22)23)53-17(15)48-1-5-9(56-66(27,28)29)10(57-67(30,31)32)6(52-5)2-49-18-16(62-72(45,46)47)14(61-71(42,43)44)12(59-69(36,37)38)8(54-18)4-51-65(24,25)26;;;;;;;;;;;/h5-18H,1-4H2,(H,19,20)(H,21,22,23)(H,24,25,26)(H,27,28,29)(H,30,31,32)(H,33,34,35)(H,36,37,38)(H,39,40,41)(H,42,43,44)(H,45,46,47);;;;;;;;;;;1H2/q;10*+1;/p-11/t5-,6-,7+,8+,9-,10-,11-,12-,13+,14+,15-,16-,17-,18-;;;;;;;;;;;/m1.........../s1.